The Morgan fingerprint density at radius 2 is 2.05 bits per heavy atom. The van der Waals surface area contributed by atoms with Crippen LogP contribution in [0.3, 0.4) is 0 Å². The summed E-state index contributed by atoms with van der Waals surface area (Å²) in [4.78, 5) is 12.1. The summed E-state index contributed by atoms with van der Waals surface area (Å²) in [6.07, 6.45) is 0. The number of carbonyl (C=O) groups excluding carboxylic acids is 1. The topological polar surface area (TPSA) is 49.3 Å². The molecule has 1 amide bonds. The number of phenolic OH excluding ortho intramolecular Hbond substituents is 1. The average molecular weight is 324 g/mol. The smallest absolute Gasteiger partial charge is 0.256 e. The summed E-state index contributed by atoms with van der Waals surface area (Å²) >= 11 is 3.35. The minimum absolute atomic E-state index is 0.286. The number of nitrogens with one attached hydrogen (secondary N) is 1. The van der Waals surface area contributed by atoms with E-state index in [1.807, 2.05) is 13.0 Å². The molecular formula is C14H11BrFNO2. The van der Waals surface area contributed by atoms with Crippen molar-refractivity contribution in [1.82, 2.24) is 0 Å². The number of rotatable bonds is 2. The molecule has 3 nitrogen and oxygen atoms in total. The first-order valence-corrected chi connectivity index (χ1v) is 6.33. The Morgan fingerprint density at radius 3 is 2.74 bits per heavy atom. The summed E-state index contributed by atoms with van der Waals surface area (Å²) in [6.45, 7) is 1.88. The highest BCUT2D eigenvalue weighted by Crippen LogP contribution is 2.23. The van der Waals surface area contributed by atoms with Crippen molar-refractivity contribution in [3.05, 3.63) is 57.8 Å². The molecule has 0 saturated heterocycles. The third-order valence-corrected chi connectivity index (χ3v) is 3.69. The van der Waals surface area contributed by atoms with E-state index >= 15 is 0 Å². The highest BCUT2D eigenvalue weighted by Gasteiger charge is 2.12. The molecule has 2 N–H and O–H groups in total. The van der Waals surface area contributed by atoms with Gasteiger partial charge in [0.15, 0.2) is 11.6 Å². The van der Waals surface area contributed by atoms with Gasteiger partial charge in [0.2, 0.25) is 0 Å². The number of benzene rings is 2. The Bertz CT molecular complexity index is 643. The number of aromatic hydroxyl groups is 1. The summed E-state index contributed by atoms with van der Waals surface area (Å²) in [5.41, 5.74) is 1.69. The van der Waals surface area contributed by atoms with Gasteiger partial charge in [-0.3, -0.25) is 4.79 Å². The van der Waals surface area contributed by atoms with Crippen LogP contribution in [-0.2, 0) is 0 Å². The molecular weight excluding hydrogens is 313 g/mol. The van der Waals surface area contributed by atoms with Crippen LogP contribution in [0.4, 0.5) is 10.1 Å². The summed E-state index contributed by atoms with van der Waals surface area (Å²) in [5, 5.41) is 11.7. The maximum absolute atomic E-state index is 13.2. The number of aryl methyl sites for hydroxylation is 1. The molecule has 0 bridgehead atoms. The molecule has 0 aromatic heterocycles. The second kappa shape index (κ2) is 5.40. The molecule has 2 aromatic carbocycles. The van der Waals surface area contributed by atoms with Crippen molar-refractivity contribution in [2.45, 2.75) is 6.92 Å². The van der Waals surface area contributed by atoms with Gasteiger partial charge in [-0.05, 0) is 46.6 Å². The minimum Gasteiger partial charge on any atom is -0.505 e. The third-order valence-electron chi connectivity index (χ3n) is 2.64. The normalized spacial score (nSPS) is 10.3. The lowest BCUT2D eigenvalue weighted by Crippen LogP contribution is -2.13. The molecule has 0 aliphatic carbocycles. The lowest BCUT2D eigenvalue weighted by atomic mass is 10.1. The molecule has 0 spiro atoms. The first-order valence-electron chi connectivity index (χ1n) is 5.54. The van der Waals surface area contributed by atoms with Crippen molar-refractivity contribution in [2.24, 2.45) is 0 Å². The fourth-order valence-corrected chi connectivity index (χ4v) is 2.05. The predicted molar refractivity (Wildman–Crippen MR) is 74.9 cm³/mol. The van der Waals surface area contributed by atoms with Gasteiger partial charge in [-0.2, -0.15) is 0 Å². The van der Waals surface area contributed by atoms with Crippen LogP contribution in [0.25, 0.3) is 0 Å². The van der Waals surface area contributed by atoms with Gasteiger partial charge in [0.1, 0.15) is 0 Å². The van der Waals surface area contributed by atoms with Gasteiger partial charge in [-0.25, -0.2) is 4.39 Å². The maximum Gasteiger partial charge on any atom is 0.256 e. The van der Waals surface area contributed by atoms with Crippen LogP contribution in [0.1, 0.15) is 15.9 Å². The third kappa shape index (κ3) is 2.93. The molecule has 2 aromatic rings. The van der Waals surface area contributed by atoms with Crippen molar-refractivity contribution in [3.8, 4) is 5.75 Å². The first-order chi connectivity index (χ1) is 8.99. The van der Waals surface area contributed by atoms with E-state index in [2.05, 4.69) is 21.2 Å². The number of hydrogen-bond donors (Lipinski definition) is 2. The molecule has 0 aliphatic rings. The second-order valence-electron chi connectivity index (χ2n) is 4.06. The summed E-state index contributed by atoms with van der Waals surface area (Å²) in [6, 6.07) is 9.00. The second-order valence-corrected chi connectivity index (χ2v) is 4.85. The molecule has 2 rings (SSSR count). The quantitative estimate of drug-likeness (QED) is 0.824. The van der Waals surface area contributed by atoms with Crippen molar-refractivity contribution in [3.63, 3.8) is 0 Å². The van der Waals surface area contributed by atoms with Gasteiger partial charge in [-0.15, -0.1) is 0 Å². The van der Waals surface area contributed by atoms with Crippen molar-refractivity contribution in [1.29, 1.82) is 0 Å². The number of hydrogen-bond acceptors (Lipinski definition) is 2. The number of carbonyl (C=O) groups is 1. The summed E-state index contributed by atoms with van der Waals surface area (Å²) in [5.74, 6) is -1.57. The highest BCUT2D eigenvalue weighted by atomic mass is 79.9. The van der Waals surface area contributed by atoms with Crippen LogP contribution in [-0.4, -0.2) is 11.0 Å². The van der Waals surface area contributed by atoms with Crippen molar-refractivity contribution >= 4 is 27.5 Å². The number of halogens is 2. The zero-order chi connectivity index (χ0) is 14.0. The first kappa shape index (κ1) is 13.5. The number of anilines is 1. The van der Waals surface area contributed by atoms with Crippen molar-refractivity contribution < 1.29 is 14.3 Å². The van der Waals surface area contributed by atoms with E-state index < -0.39 is 11.6 Å². The van der Waals surface area contributed by atoms with E-state index in [1.54, 1.807) is 12.1 Å². The number of amides is 1. The van der Waals surface area contributed by atoms with Gasteiger partial charge < -0.3 is 10.4 Å². The molecule has 98 valence electrons. The molecule has 19 heavy (non-hydrogen) atoms. The maximum atomic E-state index is 13.2. The Morgan fingerprint density at radius 1 is 1.32 bits per heavy atom. The lowest BCUT2D eigenvalue weighted by Gasteiger charge is -2.08. The van der Waals surface area contributed by atoms with Crippen molar-refractivity contribution in [2.75, 3.05) is 5.32 Å². The standard InChI is InChI=1S/C14H11BrFNO2/c1-8-3-2-4-10(13(8)15)14(19)17-9-5-6-12(18)11(16)7-9/h2-7,18H,1H3,(H,17,19). The molecule has 0 radical (unpaired) electrons. The van der Waals surface area contributed by atoms with Crippen LogP contribution in [0.5, 0.6) is 5.75 Å². The molecule has 0 unspecified atom stereocenters. The molecule has 0 atom stereocenters. The fourth-order valence-electron chi connectivity index (χ4n) is 1.61. The summed E-state index contributed by atoms with van der Waals surface area (Å²) in [7, 11) is 0. The largest absolute Gasteiger partial charge is 0.505 e. The monoisotopic (exact) mass is 323 g/mol. The van der Waals surface area contributed by atoms with E-state index in [-0.39, 0.29) is 11.6 Å². The zero-order valence-electron chi connectivity index (χ0n) is 10.1. The van der Waals surface area contributed by atoms with Crippen LogP contribution in [0.2, 0.25) is 0 Å². The van der Waals surface area contributed by atoms with Crippen LogP contribution >= 0.6 is 15.9 Å². The lowest BCUT2D eigenvalue weighted by molar-refractivity contribution is 0.102. The van der Waals surface area contributed by atoms with E-state index in [1.165, 1.54) is 12.1 Å². The van der Waals surface area contributed by atoms with Gasteiger partial charge >= 0.3 is 0 Å². The van der Waals surface area contributed by atoms with Crippen LogP contribution < -0.4 is 5.32 Å². The molecule has 0 aliphatic heterocycles. The fraction of sp³-hybridized carbons (Fsp3) is 0.0714. The molecule has 5 heteroatoms. The Hall–Kier alpha value is -1.88. The SMILES string of the molecule is Cc1cccc(C(=O)Nc2ccc(O)c(F)c2)c1Br. The highest BCUT2D eigenvalue weighted by molar-refractivity contribution is 9.10. The van der Waals surface area contributed by atoms with E-state index in [4.69, 9.17) is 5.11 Å². The van der Waals surface area contributed by atoms with Gasteiger partial charge in [-0.1, -0.05) is 12.1 Å². The number of phenols is 1. The minimum atomic E-state index is -0.777. The van der Waals surface area contributed by atoms with Gasteiger partial charge in [0, 0.05) is 16.2 Å². The Balaban J connectivity index is 2.26. The predicted octanol–water partition coefficient (Wildman–Crippen LogP) is 3.85. The van der Waals surface area contributed by atoms with E-state index in [0.717, 1.165) is 11.6 Å². The Kier molecular flexibility index (Phi) is 3.85. The van der Waals surface area contributed by atoms with E-state index in [9.17, 15) is 9.18 Å². The molecule has 0 heterocycles. The summed E-state index contributed by atoms with van der Waals surface area (Å²) < 4.78 is 13.9. The van der Waals surface area contributed by atoms with Gasteiger partial charge in [0.25, 0.3) is 5.91 Å². The molecule has 0 fully saturated rings. The Labute approximate surface area is 118 Å². The van der Waals surface area contributed by atoms with Crippen LogP contribution in [0.15, 0.2) is 40.9 Å². The average Bonchev–Trinajstić information content (AvgIpc) is 2.37. The van der Waals surface area contributed by atoms with Crippen LogP contribution in [0, 0.1) is 12.7 Å². The van der Waals surface area contributed by atoms with Gasteiger partial charge in [0.05, 0.1) is 5.56 Å². The zero-order valence-corrected chi connectivity index (χ0v) is 11.7. The molecule has 0 saturated carbocycles. The van der Waals surface area contributed by atoms with E-state index in [0.29, 0.717) is 10.0 Å².